The number of aliphatic hydroxyl groups is 2. The van der Waals surface area contributed by atoms with E-state index in [1.54, 1.807) is 28.1 Å². The van der Waals surface area contributed by atoms with Crippen LogP contribution < -0.4 is 10.5 Å². The Kier molecular flexibility index (Phi) is 5.88. The first-order chi connectivity index (χ1) is 15.4. The SMILES string of the molecule is NS(=O)OC[C@H]1C[C@@H](Nc2ccnc3cc(-c4csc5ccc(Cl)cc45)nn23)[C@H](O)[C@@H]1O. The van der Waals surface area contributed by atoms with E-state index in [9.17, 15) is 14.4 Å². The number of nitrogens with two attached hydrogens (primary N) is 1. The number of rotatable bonds is 6. The van der Waals surface area contributed by atoms with Crippen LogP contribution in [0.3, 0.4) is 0 Å². The number of thiophene rings is 1. The molecule has 0 spiro atoms. The van der Waals surface area contributed by atoms with Gasteiger partial charge in [-0.3, -0.25) is 4.18 Å². The van der Waals surface area contributed by atoms with Crippen molar-refractivity contribution in [2.24, 2.45) is 11.1 Å². The van der Waals surface area contributed by atoms with E-state index in [4.69, 9.17) is 26.0 Å². The molecule has 9 nitrogen and oxygen atoms in total. The van der Waals surface area contributed by atoms with Crippen molar-refractivity contribution >= 4 is 55.8 Å². The van der Waals surface area contributed by atoms with Gasteiger partial charge in [0.25, 0.3) is 0 Å². The number of hydrogen-bond acceptors (Lipinski definition) is 8. The number of anilines is 1. The summed E-state index contributed by atoms with van der Waals surface area (Å²) in [5.74, 6) is 0.224. The summed E-state index contributed by atoms with van der Waals surface area (Å²) in [7, 11) is 0. The van der Waals surface area contributed by atoms with Crippen molar-refractivity contribution in [2.45, 2.75) is 24.7 Å². The molecule has 1 saturated carbocycles. The number of nitrogens with one attached hydrogen (secondary N) is 1. The maximum Gasteiger partial charge on any atom is 0.231 e. The van der Waals surface area contributed by atoms with Crippen molar-refractivity contribution in [3.8, 4) is 11.3 Å². The van der Waals surface area contributed by atoms with Crippen molar-refractivity contribution < 1.29 is 18.6 Å². The standard InChI is InChI=1S/C20H20ClN5O4S2/c21-11-1-2-16-12(6-11)13(9-31-16)14-7-18-23-4-3-17(26(18)25-14)24-15-5-10(8-30-32(22)29)19(27)20(15)28/h1-4,6-7,9-10,15,19-20,24,27-28H,5,8,22H2/t10-,15-,19-,20+,32?/m1/s1. The molecule has 12 heteroatoms. The minimum Gasteiger partial charge on any atom is -0.390 e. The number of hydrogen-bond donors (Lipinski definition) is 4. The van der Waals surface area contributed by atoms with Crippen LogP contribution in [0, 0.1) is 5.92 Å². The Morgan fingerprint density at radius 1 is 1.31 bits per heavy atom. The third kappa shape index (κ3) is 4.01. The zero-order valence-corrected chi connectivity index (χ0v) is 19.0. The van der Waals surface area contributed by atoms with Crippen LogP contribution in [0.1, 0.15) is 6.42 Å². The smallest absolute Gasteiger partial charge is 0.231 e. The molecule has 1 aromatic carbocycles. The molecule has 0 radical (unpaired) electrons. The Balaban J connectivity index is 1.44. The first kappa shape index (κ1) is 21.7. The van der Waals surface area contributed by atoms with Crippen LogP contribution in [-0.2, 0) is 15.4 Å². The van der Waals surface area contributed by atoms with Crippen LogP contribution in [0.15, 0.2) is 41.9 Å². The predicted molar refractivity (Wildman–Crippen MR) is 125 cm³/mol. The zero-order chi connectivity index (χ0) is 22.4. The van der Waals surface area contributed by atoms with E-state index in [0.717, 1.165) is 21.3 Å². The fourth-order valence-electron chi connectivity index (χ4n) is 4.11. The molecule has 5 atom stereocenters. The summed E-state index contributed by atoms with van der Waals surface area (Å²) in [5, 5.41) is 37.7. The Morgan fingerprint density at radius 2 is 2.16 bits per heavy atom. The lowest BCUT2D eigenvalue weighted by atomic mass is 10.1. The number of aliphatic hydroxyl groups excluding tert-OH is 2. The molecule has 1 unspecified atom stereocenters. The lowest BCUT2D eigenvalue weighted by Crippen LogP contribution is -2.36. The number of fused-ring (bicyclic) bond motifs is 2. The average molecular weight is 494 g/mol. The molecule has 5 rings (SSSR count). The number of nitrogens with zero attached hydrogens (tertiary/aromatic N) is 3. The second-order valence-corrected chi connectivity index (χ2v) is 9.80. The molecule has 0 bridgehead atoms. The van der Waals surface area contributed by atoms with Crippen molar-refractivity contribution in [1.82, 2.24) is 14.6 Å². The van der Waals surface area contributed by atoms with E-state index in [1.165, 1.54) is 0 Å². The van der Waals surface area contributed by atoms with Gasteiger partial charge in [-0.2, -0.15) is 9.61 Å². The van der Waals surface area contributed by atoms with Gasteiger partial charge in [0.05, 0.1) is 24.4 Å². The minimum atomic E-state index is -1.92. The van der Waals surface area contributed by atoms with Gasteiger partial charge in [0.15, 0.2) is 5.65 Å². The highest BCUT2D eigenvalue weighted by Gasteiger charge is 2.42. The molecule has 1 fully saturated rings. The highest BCUT2D eigenvalue weighted by molar-refractivity contribution is 7.77. The number of benzene rings is 1. The average Bonchev–Trinajstić information content (AvgIpc) is 3.44. The van der Waals surface area contributed by atoms with Crippen LogP contribution in [0.4, 0.5) is 5.82 Å². The van der Waals surface area contributed by atoms with Gasteiger partial charge >= 0.3 is 0 Å². The molecule has 1 aliphatic carbocycles. The second kappa shape index (κ2) is 8.67. The van der Waals surface area contributed by atoms with Gasteiger partial charge in [0.2, 0.25) is 11.3 Å². The Labute approximate surface area is 194 Å². The molecular weight excluding hydrogens is 474 g/mol. The molecule has 1 aliphatic rings. The predicted octanol–water partition coefficient (Wildman–Crippen LogP) is 2.34. The number of aromatic nitrogens is 3. The first-order valence-electron chi connectivity index (χ1n) is 9.85. The highest BCUT2D eigenvalue weighted by atomic mass is 35.5. The van der Waals surface area contributed by atoms with Crippen molar-refractivity contribution in [1.29, 1.82) is 0 Å². The van der Waals surface area contributed by atoms with Crippen LogP contribution in [0.25, 0.3) is 27.0 Å². The van der Waals surface area contributed by atoms with Gasteiger partial charge in [-0.25, -0.2) is 14.3 Å². The molecule has 32 heavy (non-hydrogen) atoms. The quantitative estimate of drug-likeness (QED) is 0.323. The van der Waals surface area contributed by atoms with E-state index in [1.807, 2.05) is 29.6 Å². The van der Waals surface area contributed by atoms with Crippen LogP contribution in [0.5, 0.6) is 0 Å². The summed E-state index contributed by atoms with van der Waals surface area (Å²) in [5.41, 5.74) is 2.36. The first-order valence-corrected chi connectivity index (χ1v) is 12.2. The molecule has 3 aromatic heterocycles. The van der Waals surface area contributed by atoms with Crippen molar-refractivity contribution in [3.05, 3.63) is 46.9 Å². The van der Waals surface area contributed by atoms with Gasteiger partial charge in [-0.05, 0) is 30.7 Å². The summed E-state index contributed by atoms with van der Waals surface area (Å²) in [6.07, 6.45) is 0.00627. The molecule has 0 amide bonds. The maximum atomic E-state index is 11.0. The zero-order valence-electron chi connectivity index (χ0n) is 16.6. The monoisotopic (exact) mass is 493 g/mol. The fraction of sp³-hybridized carbons (Fsp3) is 0.300. The summed E-state index contributed by atoms with van der Waals surface area (Å²) in [4.78, 5) is 4.40. The van der Waals surface area contributed by atoms with Crippen molar-refractivity contribution in [3.63, 3.8) is 0 Å². The van der Waals surface area contributed by atoms with E-state index in [0.29, 0.717) is 22.9 Å². The molecule has 5 N–H and O–H groups in total. The fourth-order valence-corrected chi connectivity index (χ4v) is 5.53. The minimum absolute atomic E-state index is 0.00895. The Bertz CT molecular complexity index is 1310. The highest BCUT2D eigenvalue weighted by Crippen LogP contribution is 2.36. The van der Waals surface area contributed by atoms with E-state index < -0.39 is 35.4 Å². The molecular formula is C20H20ClN5O4S2. The normalized spacial score (nSPS) is 24.4. The largest absolute Gasteiger partial charge is 0.390 e. The van der Waals surface area contributed by atoms with Crippen LogP contribution in [-0.4, -0.2) is 53.9 Å². The third-order valence-electron chi connectivity index (χ3n) is 5.70. The lowest BCUT2D eigenvalue weighted by Gasteiger charge is -2.19. The summed E-state index contributed by atoms with van der Waals surface area (Å²) in [6.45, 7) is -0.00895. The van der Waals surface area contributed by atoms with Gasteiger partial charge in [0, 0.05) is 44.2 Å². The summed E-state index contributed by atoms with van der Waals surface area (Å²) >= 11 is 5.89. The van der Waals surface area contributed by atoms with E-state index in [2.05, 4.69) is 10.3 Å². The molecule has 0 aliphatic heterocycles. The lowest BCUT2D eigenvalue weighted by molar-refractivity contribution is 0.00834. The van der Waals surface area contributed by atoms with Gasteiger partial charge < -0.3 is 15.5 Å². The molecule has 168 valence electrons. The Morgan fingerprint density at radius 3 is 2.97 bits per heavy atom. The second-order valence-electron chi connectivity index (χ2n) is 7.69. The molecule has 0 saturated heterocycles. The Hall–Kier alpha value is -2.12. The maximum absolute atomic E-state index is 11.0. The topological polar surface area (TPSA) is 135 Å². The van der Waals surface area contributed by atoms with E-state index >= 15 is 0 Å². The number of halogens is 1. The van der Waals surface area contributed by atoms with Gasteiger partial charge in [-0.1, -0.05) is 11.6 Å². The van der Waals surface area contributed by atoms with Crippen molar-refractivity contribution in [2.75, 3.05) is 11.9 Å². The van der Waals surface area contributed by atoms with Crippen LogP contribution >= 0.6 is 22.9 Å². The van der Waals surface area contributed by atoms with E-state index in [-0.39, 0.29) is 6.61 Å². The van der Waals surface area contributed by atoms with Crippen LogP contribution in [0.2, 0.25) is 5.02 Å². The summed E-state index contributed by atoms with van der Waals surface area (Å²) in [6, 6.07) is 8.96. The van der Waals surface area contributed by atoms with Gasteiger partial charge in [0.1, 0.15) is 11.9 Å². The molecule has 3 heterocycles. The molecule has 4 aromatic rings. The third-order valence-corrected chi connectivity index (χ3v) is 7.27. The summed E-state index contributed by atoms with van der Waals surface area (Å²) < 4.78 is 18.7. The van der Waals surface area contributed by atoms with Gasteiger partial charge in [-0.15, -0.1) is 11.3 Å².